The van der Waals surface area contributed by atoms with Crippen molar-refractivity contribution in [2.75, 3.05) is 26.2 Å². The predicted octanol–water partition coefficient (Wildman–Crippen LogP) is 2.33. The number of rotatable bonds is 5. The zero-order chi connectivity index (χ0) is 16.8. The van der Waals surface area contributed by atoms with E-state index in [-0.39, 0.29) is 17.9 Å². The summed E-state index contributed by atoms with van der Waals surface area (Å²) >= 11 is 0. The highest BCUT2D eigenvalue weighted by Gasteiger charge is 2.30. The molecule has 1 saturated heterocycles. The molecule has 2 amide bonds. The molecule has 0 bridgehead atoms. The van der Waals surface area contributed by atoms with Crippen molar-refractivity contribution in [1.82, 2.24) is 9.80 Å². The lowest BCUT2D eigenvalue weighted by Gasteiger charge is -2.40. The van der Waals surface area contributed by atoms with Gasteiger partial charge in [0.15, 0.2) is 0 Å². The van der Waals surface area contributed by atoms with Crippen LogP contribution in [0.4, 0.5) is 0 Å². The smallest absolute Gasteiger partial charge is 0.254 e. The van der Waals surface area contributed by atoms with Gasteiger partial charge in [-0.2, -0.15) is 0 Å². The Hall–Kier alpha value is -2.30. The number of nitrogens with zero attached hydrogens (tertiary/aromatic N) is 2. The highest BCUT2D eigenvalue weighted by Crippen LogP contribution is 2.19. The number of carbonyl (C=O) groups is 2. The van der Waals surface area contributed by atoms with Crippen molar-refractivity contribution >= 4 is 11.8 Å². The lowest BCUT2D eigenvalue weighted by Crippen LogP contribution is -2.56. The van der Waals surface area contributed by atoms with E-state index < -0.39 is 0 Å². The fraction of sp³-hybridized carbons (Fsp3) is 0.444. The Bertz CT molecular complexity index is 585. The van der Waals surface area contributed by atoms with Gasteiger partial charge < -0.3 is 14.5 Å². The van der Waals surface area contributed by atoms with E-state index >= 15 is 0 Å². The summed E-state index contributed by atoms with van der Waals surface area (Å²) in [5, 5.41) is 0. The van der Waals surface area contributed by atoms with E-state index in [0.29, 0.717) is 37.6 Å². The monoisotopic (exact) mass is 316 g/mol. The molecule has 1 heterocycles. The summed E-state index contributed by atoms with van der Waals surface area (Å²) in [4.78, 5) is 28.2. The van der Waals surface area contributed by atoms with Crippen LogP contribution in [0.15, 0.2) is 36.9 Å². The van der Waals surface area contributed by atoms with Crippen LogP contribution in [0.5, 0.6) is 5.75 Å². The molecule has 1 fully saturated rings. The van der Waals surface area contributed by atoms with Gasteiger partial charge in [-0.3, -0.25) is 9.59 Å². The Kier molecular flexibility index (Phi) is 5.79. The quantitative estimate of drug-likeness (QED) is 0.784. The van der Waals surface area contributed by atoms with Crippen molar-refractivity contribution in [2.45, 2.75) is 26.3 Å². The molecular formula is C18H24N2O3. The first-order valence-electron chi connectivity index (χ1n) is 8.05. The van der Waals surface area contributed by atoms with Gasteiger partial charge in [-0.25, -0.2) is 0 Å². The highest BCUT2D eigenvalue weighted by atomic mass is 16.5. The molecule has 5 nitrogen and oxygen atoms in total. The van der Waals surface area contributed by atoms with E-state index in [2.05, 4.69) is 6.58 Å². The molecule has 0 N–H and O–H groups in total. The Morgan fingerprint density at radius 3 is 2.78 bits per heavy atom. The van der Waals surface area contributed by atoms with Crippen molar-refractivity contribution in [3.63, 3.8) is 0 Å². The normalized spacial score (nSPS) is 17.7. The second-order valence-corrected chi connectivity index (χ2v) is 5.51. The zero-order valence-electron chi connectivity index (χ0n) is 13.8. The van der Waals surface area contributed by atoms with Crippen LogP contribution in [0, 0.1) is 0 Å². The van der Waals surface area contributed by atoms with Gasteiger partial charge in [0.2, 0.25) is 5.91 Å². The Balaban J connectivity index is 2.10. The minimum atomic E-state index is -0.0673. The summed E-state index contributed by atoms with van der Waals surface area (Å²) in [5.41, 5.74) is 0.620. The van der Waals surface area contributed by atoms with Gasteiger partial charge in [0, 0.05) is 31.2 Å². The number of carbonyl (C=O) groups excluding carboxylic acids is 2. The Morgan fingerprint density at radius 1 is 1.35 bits per heavy atom. The van der Waals surface area contributed by atoms with Gasteiger partial charge in [0.25, 0.3) is 5.91 Å². The first-order chi connectivity index (χ1) is 11.1. The number of piperazine rings is 1. The summed E-state index contributed by atoms with van der Waals surface area (Å²) in [6, 6.07) is 7.28. The number of benzene rings is 1. The third kappa shape index (κ3) is 3.92. The Morgan fingerprint density at radius 2 is 2.13 bits per heavy atom. The summed E-state index contributed by atoms with van der Waals surface area (Å²) in [7, 11) is 0. The average molecular weight is 316 g/mol. The molecule has 0 aromatic heterocycles. The van der Waals surface area contributed by atoms with Crippen LogP contribution < -0.4 is 4.74 Å². The van der Waals surface area contributed by atoms with Gasteiger partial charge in [-0.15, -0.1) is 0 Å². The van der Waals surface area contributed by atoms with Gasteiger partial charge in [-0.1, -0.05) is 19.6 Å². The van der Waals surface area contributed by atoms with Gasteiger partial charge in [0.05, 0.1) is 6.61 Å². The van der Waals surface area contributed by atoms with Crippen LogP contribution in [-0.4, -0.2) is 53.9 Å². The van der Waals surface area contributed by atoms with E-state index in [1.807, 2.05) is 30.9 Å². The van der Waals surface area contributed by atoms with Crippen LogP contribution in [0.25, 0.3) is 0 Å². The summed E-state index contributed by atoms with van der Waals surface area (Å²) in [5.74, 6) is 0.615. The molecule has 124 valence electrons. The largest absolute Gasteiger partial charge is 0.494 e. The van der Waals surface area contributed by atoms with Crippen molar-refractivity contribution < 1.29 is 14.3 Å². The van der Waals surface area contributed by atoms with Gasteiger partial charge in [0.1, 0.15) is 5.75 Å². The molecule has 1 atom stereocenters. The first kappa shape index (κ1) is 17.1. The number of ether oxygens (including phenoxy) is 1. The molecule has 0 radical (unpaired) electrons. The fourth-order valence-electron chi connectivity index (χ4n) is 2.86. The SMILES string of the molecule is C=CC(=O)N1CCN(C(=O)c2cccc(OCC)c2)C[C@@H]1CC. The minimum absolute atomic E-state index is 0.0179. The minimum Gasteiger partial charge on any atom is -0.494 e. The van der Waals surface area contributed by atoms with Gasteiger partial charge >= 0.3 is 0 Å². The molecule has 5 heteroatoms. The molecule has 1 aliphatic rings. The first-order valence-corrected chi connectivity index (χ1v) is 8.05. The third-order valence-electron chi connectivity index (χ3n) is 4.09. The molecular weight excluding hydrogens is 292 g/mol. The molecule has 0 saturated carbocycles. The maximum atomic E-state index is 12.7. The standard InChI is InChI=1S/C18H24N2O3/c1-4-15-13-19(10-11-20(15)17(21)5-2)18(22)14-8-7-9-16(12-14)23-6-3/h5,7-9,12,15H,2,4,6,10-11,13H2,1,3H3/t15-/m0/s1. The van der Waals surface area contributed by atoms with Crippen molar-refractivity contribution in [3.8, 4) is 5.75 Å². The van der Waals surface area contributed by atoms with Gasteiger partial charge in [-0.05, 0) is 37.6 Å². The molecule has 2 rings (SSSR count). The highest BCUT2D eigenvalue weighted by molar-refractivity contribution is 5.95. The fourth-order valence-corrected chi connectivity index (χ4v) is 2.86. The average Bonchev–Trinajstić information content (AvgIpc) is 2.60. The van der Waals surface area contributed by atoms with Crippen LogP contribution >= 0.6 is 0 Å². The van der Waals surface area contributed by atoms with E-state index in [0.717, 1.165) is 6.42 Å². The molecule has 0 aliphatic carbocycles. The van der Waals surface area contributed by atoms with Crippen molar-refractivity contribution in [2.24, 2.45) is 0 Å². The second-order valence-electron chi connectivity index (χ2n) is 5.51. The topological polar surface area (TPSA) is 49.9 Å². The maximum absolute atomic E-state index is 12.7. The molecule has 23 heavy (non-hydrogen) atoms. The van der Waals surface area contributed by atoms with Crippen LogP contribution in [-0.2, 0) is 4.79 Å². The van der Waals surface area contributed by atoms with Crippen LogP contribution in [0.1, 0.15) is 30.6 Å². The van der Waals surface area contributed by atoms with Crippen LogP contribution in [0.2, 0.25) is 0 Å². The molecule has 0 unspecified atom stereocenters. The third-order valence-corrected chi connectivity index (χ3v) is 4.09. The van der Waals surface area contributed by atoms with E-state index in [4.69, 9.17) is 4.74 Å². The molecule has 1 aliphatic heterocycles. The second kappa shape index (κ2) is 7.81. The van der Waals surface area contributed by atoms with E-state index in [1.165, 1.54) is 6.08 Å². The predicted molar refractivity (Wildman–Crippen MR) is 89.5 cm³/mol. The van der Waals surface area contributed by atoms with Crippen molar-refractivity contribution in [3.05, 3.63) is 42.5 Å². The van der Waals surface area contributed by atoms with Crippen LogP contribution in [0.3, 0.4) is 0 Å². The Labute approximate surface area is 137 Å². The number of amides is 2. The zero-order valence-corrected chi connectivity index (χ0v) is 13.8. The van der Waals surface area contributed by atoms with E-state index in [1.54, 1.807) is 17.0 Å². The summed E-state index contributed by atoms with van der Waals surface area (Å²) in [6.07, 6.45) is 2.15. The van der Waals surface area contributed by atoms with Crippen molar-refractivity contribution in [1.29, 1.82) is 0 Å². The number of hydrogen-bond donors (Lipinski definition) is 0. The number of hydrogen-bond acceptors (Lipinski definition) is 3. The maximum Gasteiger partial charge on any atom is 0.254 e. The molecule has 1 aromatic carbocycles. The lowest BCUT2D eigenvalue weighted by molar-refractivity contribution is -0.130. The van der Waals surface area contributed by atoms with E-state index in [9.17, 15) is 9.59 Å². The lowest BCUT2D eigenvalue weighted by atomic mass is 10.1. The molecule has 0 spiro atoms. The molecule has 1 aromatic rings. The summed E-state index contributed by atoms with van der Waals surface area (Å²) < 4.78 is 5.45. The summed E-state index contributed by atoms with van der Waals surface area (Å²) in [6.45, 7) is 9.68.